The topological polar surface area (TPSA) is 41.5 Å². The summed E-state index contributed by atoms with van der Waals surface area (Å²) in [4.78, 5) is 10.9. The van der Waals surface area contributed by atoms with E-state index in [4.69, 9.17) is 6.72 Å². The molecule has 0 aromatic heterocycles. The molecule has 0 spiro atoms. The fraction of sp³-hybridized carbons (Fsp3) is 0. The van der Waals surface area contributed by atoms with Crippen LogP contribution < -0.4 is 5.43 Å². The Bertz CT molecular complexity index is 294. The lowest BCUT2D eigenvalue weighted by Crippen LogP contribution is -2.16. The van der Waals surface area contributed by atoms with Gasteiger partial charge in [-0.25, -0.2) is 9.82 Å². The monoisotopic (exact) mass is 165 g/mol. The number of hydrogen-bond acceptors (Lipinski definition) is 2. The Balaban J connectivity index is 2.82. The molecular weight excluding hydrogens is 159 g/mol. The van der Waals surface area contributed by atoms with Crippen molar-refractivity contribution in [1.82, 2.24) is 5.43 Å². The molecule has 0 aliphatic heterocycles. The van der Waals surface area contributed by atoms with Gasteiger partial charge in [0.1, 0.15) is 5.82 Å². The first-order valence-corrected chi connectivity index (χ1v) is 3.20. The van der Waals surface area contributed by atoms with Crippen LogP contribution in [0.5, 0.6) is 0 Å². The van der Waals surface area contributed by atoms with Gasteiger partial charge in [0, 0.05) is 5.56 Å². The Morgan fingerprint density at radius 3 is 2.50 bits per heavy atom. The van der Waals surface area contributed by atoms with Gasteiger partial charge in [-0.05, 0) is 24.3 Å². The van der Waals surface area contributed by atoms with E-state index in [1.807, 2.05) is 5.43 Å². The van der Waals surface area contributed by atoms with Crippen molar-refractivity contribution < 1.29 is 9.18 Å². The van der Waals surface area contributed by atoms with E-state index in [-0.39, 0.29) is 0 Å². The second-order valence-corrected chi connectivity index (χ2v) is 2.08. The molecule has 1 amide bonds. The van der Waals surface area contributed by atoms with Crippen LogP contribution in [0.3, 0.4) is 0 Å². The lowest BCUT2D eigenvalue weighted by Gasteiger charge is -1.97. The number of nitrogens with one attached hydrogen (secondary N) is 1. The molecule has 4 heteroatoms. The summed E-state index contributed by atoms with van der Waals surface area (Å²) in [5.41, 5.74) is 2.33. The SMILES string of the molecule is [CH]=NNC(=O)c1ccc(F)cc1. The average molecular weight is 165 g/mol. The first-order valence-electron chi connectivity index (χ1n) is 3.20. The van der Waals surface area contributed by atoms with Gasteiger partial charge in [-0.2, -0.15) is 5.10 Å². The zero-order valence-corrected chi connectivity index (χ0v) is 6.12. The smallest absolute Gasteiger partial charge is 0.267 e. The number of halogens is 1. The summed E-state index contributed by atoms with van der Waals surface area (Å²) in [6.45, 7) is 4.72. The minimum atomic E-state index is -0.461. The van der Waals surface area contributed by atoms with Crippen LogP contribution in [0, 0.1) is 5.82 Å². The zero-order valence-electron chi connectivity index (χ0n) is 6.12. The van der Waals surface area contributed by atoms with Gasteiger partial charge in [0.15, 0.2) is 0 Å². The maximum Gasteiger partial charge on any atom is 0.271 e. The van der Waals surface area contributed by atoms with Crippen molar-refractivity contribution >= 4 is 12.6 Å². The van der Waals surface area contributed by atoms with Gasteiger partial charge < -0.3 is 0 Å². The molecule has 61 valence electrons. The molecular formula is C8H6FN2O. The van der Waals surface area contributed by atoms with Crippen LogP contribution in [-0.4, -0.2) is 12.6 Å². The van der Waals surface area contributed by atoms with E-state index in [0.717, 1.165) is 0 Å². The summed E-state index contributed by atoms with van der Waals surface area (Å²) in [6.07, 6.45) is 0. The van der Waals surface area contributed by atoms with Crippen molar-refractivity contribution in [2.45, 2.75) is 0 Å². The van der Waals surface area contributed by atoms with Crippen LogP contribution >= 0.6 is 0 Å². The first kappa shape index (κ1) is 8.39. The third-order valence-corrected chi connectivity index (χ3v) is 1.27. The van der Waals surface area contributed by atoms with Crippen LogP contribution in [0.2, 0.25) is 0 Å². The van der Waals surface area contributed by atoms with E-state index < -0.39 is 11.7 Å². The summed E-state index contributed by atoms with van der Waals surface area (Å²) < 4.78 is 12.4. The predicted octanol–water partition coefficient (Wildman–Crippen LogP) is 1.05. The van der Waals surface area contributed by atoms with E-state index in [9.17, 15) is 9.18 Å². The van der Waals surface area contributed by atoms with Gasteiger partial charge in [0.2, 0.25) is 0 Å². The van der Waals surface area contributed by atoms with Crippen molar-refractivity contribution in [3.8, 4) is 0 Å². The van der Waals surface area contributed by atoms with Crippen molar-refractivity contribution in [3.05, 3.63) is 35.6 Å². The Morgan fingerprint density at radius 1 is 1.42 bits per heavy atom. The van der Waals surface area contributed by atoms with E-state index in [1.165, 1.54) is 24.3 Å². The maximum atomic E-state index is 12.4. The molecule has 0 heterocycles. The highest BCUT2D eigenvalue weighted by Crippen LogP contribution is 2.01. The molecule has 1 aromatic carbocycles. The molecule has 0 saturated heterocycles. The molecule has 0 unspecified atom stereocenters. The standard InChI is InChI=1S/C8H6FN2O/c1-10-11-8(12)6-2-4-7(9)5-3-6/h1-5H,(H,11,12). The first-order chi connectivity index (χ1) is 5.74. The fourth-order valence-electron chi connectivity index (χ4n) is 0.724. The number of hydrazone groups is 1. The highest BCUT2D eigenvalue weighted by Gasteiger charge is 2.02. The summed E-state index contributed by atoms with van der Waals surface area (Å²) in [5, 5.41) is 2.94. The Kier molecular flexibility index (Phi) is 2.53. The maximum absolute atomic E-state index is 12.4. The highest BCUT2D eigenvalue weighted by molar-refractivity contribution is 5.93. The minimum absolute atomic E-state index is 0.311. The van der Waals surface area contributed by atoms with Gasteiger partial charge in [-0.15, -0.1) is 0 Å². The van der Waals surface area contributed by atoms with E-state index >= 15 is 0 Å². The molecule has 1 radical (unpaired) electrons. The minimum Gasteiger partial charge on any atom is -0.267 e. The number of amides is 1. The van der Waals surface area contributed by atoms with Gasteiger partial charge in [-0.1, -0.05) is 0 Å². The Morgan fingerprint density at radius 2 is 2.00 bits per heavy atom. The zero-order chi connectivity index (χ0) is 8.97. The Labute approximate surface area is 68.9 Å². The third kappa shape index (κ3) is 1.88. The van der Waals surface area contributed by atoms with Gasteiger partial charge in [0.25, 0.3) is 5.91 Å². The molecule has 1 rings (SSSR count). The van der Waals surface area contributed by atoms with Crippen molar-refractivity contribution in [3.63, 3.8) is 0 Å². The van der Waals surface area contributed by atoms with E-state index in [2.05, 4.69) is 5.10 Å². The summed E-state index contributed by atoms with van der Waals surface area (Å²) >= 11 is 0. The van der Waals surface area contributed by atoms with Crippen LogP contribution in [-0.2, 0) is 0 Å². The van der Waals surface area contributed by atoms with Crippen molar-refractivity contribution in [1.29, 1.82) is 0 Å². The summed E-state index contributed by atoms with van der Waals surface area (Å²) in [7, 11) is 0. The molecule has 3 nitrogen and oxygen atoms in total. The van der Waals surface area contributed by atoms with E-state index in [0.29, 0.717) is 5.56 Å². The second kappa shape index (κ2) is 3.61. The molecule has 1 N–H and O–H groups in total. The molecule has 0 aliphatic carbocycles. The van der Waals surface area contributed by atoms with Gasteiger partial charge in [0.05, 0.1) is 6.72 Å². The van der Waals surface area contributed by atoms with Gasteiger partial charge >= 0.3 is 0 Å². The number of rotatable bonds is 2. The van der Waals surface area contributed by atoms with Gasteiger partial charge in [-0.3, -0.25) is 4.79 Å². The predicted molar refractivity (Wildman–Crippen MR) is 42.4 cm³/mol. The van der Waals surface area contributed by atoms with Crippen molar-refractivity contribution in [2.75, 3.05) is 0 Å². The normalized spacial score (nSPS) is 9.08. The average Bonchev–Trinajstić information content (AvgIpc) is 2.06. The molecule has 12 heavy (non-hydrogen) atoms. The highest BCUT2D eigenvalue weighted by atomic mass is 19.1. The lowest BCUT2D eigenvalue weighted by molar-refractivity contribution is 0.0955. The van der Waals surface area contributed by atoms with Crippen LogP contribution in [0.25, 0.3) is 0 Å². The quantitative estimate of drug-likeness (QED) is 0.516. The van der Waals surface area contributed by atoms with E-state index in [1.54, 1.807) is 0 Å². The summed E-state index contributed by atoms with van der Waals surface area (Å²) in [6, 6.07) is 5.06. The second-order valence-electron chi connectivity index (χ2n) is 2.08. The molecule has 0 atom stereocenters. The molecule has 0 bridgehead atoms. The van der Waals surface area contributed by atoms with Crippen molar-refractivity contribution in [2.24, 2.45) is 5.10 Å². The number of benzene rings is 1. The number of carbonyl (C=O) groups is 1. The van der Waals surface area contributed by atoms with Crippen LogP contribution in [0.4, 0.5) is 4.39 Å². The number of hydrogen-bond donors (Lipinski definition) is 1. The lowest BCUT2D eigenvalue weighted by atomic mass is 10.2. The number of carbonyl (C=O) groups excluding carboxylic acids is 1. The largest absolute Gasteiger partial charge is 0.271 e. The third-order valence-electron chi connectivity index (χ3n) is 1.27. The Hall–Kier alpha value is -1.71. The molecule has 1 aromatic rings. The molecule has 0 saturated carbocycles. The van der Waals surface area contributed by atoms with Crippen LogP contribution in [0.15, 0.2) is 29.4 Å². The number of nitrogens with zero attached hydrogens (tertiary/aromatic N) is 1. The summed E-state index contributed by atoms with van der Waals surface area (Å²) in [5.74, 6) is -0.853. The fourth-order valence-corrected chi connectivity index (χ4v) is 0.724. The molecule has 0 aliphatic rings. The molecule has 0 fully saturated rings. The van der Waals surface area contributed by atoms with Crippen LogP contribution in [0.1, 0.15) is 10.4 Å².